The van der Waals surface area contributed by atoms with E-state index in [1.54, 1.807) is 0 Å². The monoisotopic (exact) mass is 237 g/mol. The first-order valence-corrected chi connectivity index (χ1v) is 4.67. The molecule has 0 saturated carbocycles. The Labute approximate surface area is 97.3 Å². The number of ether oxygens (including phenoxy) is 1. The van der Waals surface area contributed by atoms with Crippen molar-refractivity contribution in [1.82, 2.24) is 0 Å². The number of hydrogen-bond donors (Lipinski definition) is 3. The first-order valence-electron chi connectivity index (χ1n) is 4.67. The molecule has 0 aliphatic carbocycles. The molecule has 2 unspecified atom stereocenters. The summed E-state index contributed by atoms with van der Waals surface area (Å²) in [4.78, 5) is 10.7. The predicted octanol–water partition coefficient (Wildman–Crippen LogP) is 0.131. The summed E-state index contributed by atoms with van der Waals surface area (Å²) in [5.74, 6) is -0.436. The first-order chi connectivity index (χ1) is 8.04. The highest BCUT2D eigenvalue weighted by Gasteiger charge is 2.23. The number of rotatable bonds is 4. The molecule has 17 heavy (non-hydrogen) atoms. The van der Waals surface area contributed by atoms with Crippen molar-refractivity contribution in [1.29, 1.82) is 5.26 Å². The molecule has 6 nitrogen and oxygen atoms in total. The summed E-state index contributed by atoms with van der Waals surface area (Å²) >= 11 is 0. The van der Waals surface area contributed by atoms with E-state index in [4.69, 9.17) is 10.00 Å². The quantitative estimate of drug-likeness (QED) is 0.507. The molecule has 0 amide bonds. The number of hydrogen-bond acceptors (Lipinski definition) is 6. The number of benzene rings is 1. The average Bonchev–Trinajstić information content (AvgIpc) is 2.37. The Kier molecular flexibility index (Phi) is 4.04. The van der Waals surface area contributed by atoms with Gasteiger partial charge in [0, 0.05) is 11.1 Å². The maximum atomic E-state index is 10.7. The summed E-state index contributed by atoms with van der Waals surface area (Å²) in [6.45, 7) is 0. The first kappa shape index (κ1) is 13.0. The van der Waals surface area contributed by atoms with E-state index in [1.165, 1.54) is 25.3 Å². The third-order valence-electron chi connectivity index (χ3n) is 2.23. The maximum absolute atomic E-state index is 10.7. The molecule has 0 spiro atoms. The zero-order chi connectivity index (χ0) is 13.0. The fraction of sp³-hybridized carbons (Fsp3) is 0.273. The number of nitriles is 1. The van der Waals surface area contributed by atoms with Gasteiger partial charge >= 0.3 is 0 Å². The minimum Gasteiger partial charge on any atom is -0.504 e. The van der Waals surface area contributed by atoms with Gasteiger partial charge in [0.05, 0.1) is 13.2 Å². The van der Waals surface area contributed by atoms with Crippen LogP contribution in [0.3, 0.4) is 0 Å². The highest BCUT2D eigenvalue weighted by molar-refractivity contribution is 5.77. The molecular weight excluding hydrogens is 226 g/mol. The summed E-state index contributed by atoms with van der Waals surface area (Å²) in [6.07, 6.45) is -2.82. The molecule has 3 N–H and O–H groups in total. The Morgan fingerprint density at radius 2 is 2.12 bits per heavy atom. The van der Waals surface area contributed by atoms with E-state index in [0.29, 0.717) is 6.29 Å². The summed E-state index contributed by atoms with van der Waals surface area (Å²) < 4.78 is 4.81. The number of nitrogens with zero attached hydrogens (tertiary/aromatic N) is 1. The van der Waals surface area contributed by atoms with E-state index in [2.05, 4.69) is 0 Å². The lowest BCUT2D eigenvalue weighted by molar-refractivity contribution is 0.0508. The summed E-state index contributed by atoms with van der Waals surface area (Å²) in [5, 5.41) is 37.0. The van der Waals surface area contributed by atoms with Crippen LogP contribution in [0.2, 0.25) is 0 Å². The SMILES string of the molecule is COc1cc(C=O)cc(C(O)C(O)C#N)c1O. The number of carbonyl (C=O) groups excluding carboxylic acids is 1. The molecular formula is C11H11NO5. The van der Waals surface area contributed by atoms with Crippen LogP contribution in [-0.4, -0.2) is 34.8 Å². The zero-order valence-corrected chi connectivity index (χ0v) is 8.99. The summed E-state index contributed by atoms with van der Waals surface area (Å²) in [5.41, 5.74) is 0.0133. The Balaban J connectivity index is 3.32. The third-order valence-corrected chi connectivity index (χ3v) is 2.23. The number of phenolic OH excluding ortho intramolecular Hbond substituents is 1. The van der Waals surface area contributed by atoms with Gasteiger partial charge in [-0.25, -0.2) is 0 Å². The molecule has 0 fully saturated rings. The predicted molar refractivity (Wildman–Crippen MR) is 56.6 cm³/mol. The van der Waals surface area contributed by atoms with Gasteiger partial charge in [0.25, 0.3) is 0 Å². The molecule has 0 aliphatic rings. The van der Waals surface area contributed by atoms with E-state index >= 15 is 0 Å². The number of aliphatic hydroxyl groups is 2. The molecule has 0 heterocycles. The molecule has 0 saturated heterocycles. The molecule has 1 rings (SSSR count). The number of aldehydes is 1. The van der Waals surface area contributed by atoms with Crippen LogP contribution in [-0.2, 0) is 0 Å². The van der Waals surface area contributed by atoms with Gasteiger partial charge in [0.1, 0.15) is 12.4 Å². The lowest BCUT2D eigenvalue weighted by Crippen LogP contribution is -2.16. The van der Waals surface area contributed by atoms with E-state index < -0.39 is 18.0 Å². The molecule has 0 radical (unpaired) electrons. The highest BCUT2D eigenvalue weighted by Crippen LogP contribution is 2.35. The normalized spacial score (nSPS) is 13.5. The molecule has 90 valence electrons. The number of aromatic hydroxyl groups is 1. The van der Waals surface area contributed by atoms with Crippen molar-refractivity contribution in [2.24, 2.45) is 0 Å². The van der Waals surface area contributed by atoms with Crippen LogP contribution in [0.15, 0.2) is 12.1 Å². The fourth-order valence-corrected chi connectivity index (χ4v) is 1.34. The van der Waals surface area contributed by atoms with Crippen LogP contribution < -0.4 is 4.74 Å². The van der Waals surface area contributed by atoms with E-state index in [0.717, 1.165) is 0 Å². The van der Waals surface area contributed by atoms with Crippen molar-refractivity contribution in [3.05, 3.63) is 23.3 Å². The van der Waals surface area contributed by atoms with Crippen molar-refractivity contribution in [3.8, 4) is 17.6 Å². The standard InChI is InChI=1S/C11H11NO5/c1-17-9-3-6(5-13)2-7(11(9)16)10(15)8(14)4-12/h2-3,5,8,10,14-16H,1H3. The van der Waals surface area contributed by atoms with E-state index in [-0.39, 0.29) is 16.9 Å². The average molecular weight is 237 g/mol. The second-order valence-corrected chi connectivity index (χ2v) is 3.30. The van der Waals surface area contributed by atoms with Crippen molar-refractivity contribution in [2.45, 2.75) is 12.2 Å². The van der Waals surface area contributed by atoms with Crippen molar-refractivity contribution >= 4 is 6.29 Å². The van der Waals surface area contributed by atoms with Crippen LogP contribution in [0.25, 0.3) is 0 Å². The van der Waals surface area contributed by atoms with Gasteiger partial charge in [-0.05, 0) is 12.1 Å². The molecule has 0 aliphatic heterocycles. The molecule has 1 aromatic carbocycles. The van der Waals surface area contributed by atoms with Crippen LogP contribution in [0.1, 0.15) is 22.0 Å². The second kappa shape index (κ2) is 5.30. The minimum absolute atomic E-state index is 0.0196. The van der Waals surface area contributed by atoms with Crippen LogP contribution in [0, 0.1) is 11.3 Å². The smallest absolute Gasteiger partial charge is 0.170 e. The van der Waals surface area contributed by atoms with Crippen LogP contribution >= 0.6 is 0 Å². The van der Waals surface area contributed by atoms with Gasteiger partial charge in [-0.2, -0.15) is 5.26 Å². The Morgan fingerprint density at radius 1 is 1.47 bits per heavy atom. The van der Waals surface area contributed by atoms with Gasteiger partial charge in [0.15, 0.2) is 17.6 Å². The topological polar surface area (TPSA) is 111 Å². The van der Waals surface area contributed by atoms with Crippen molar-refractivity contribution < 1.29 is 24.9 Å². The largest absolute Gasteiger partial charge is 0.504 e. The molecule has 2 atom stereocenters. The highest BCUT2D eigenvalue weighted by atomic mass is 16.5. The Hall–Kier alpha value is -2.10. The molecule has 0 bridgehead atoms. The lowest BCUT2D eigenvalue weighted by atomic mass is 10.0. The fourth-order valence-electron chi connectivity index (χ4n) is 1.34. The van der Waals surface area contributed by atoms with Gasteiger partial charge < -0.3 is 20.1 Å². The number of methoxy groups -OCH3 is 1. The Bertz CT molecular complexity index is 466. The number of aliphatic hydroxyl groups excluding tert-OH is 2. The van der Waals surface area contributed by atoms with Crippen LogP contribution in [0.5, 0.6) is 11.5 Å². The molecule has 0 aromatic heterocycles. The van der Waals surface area contributed by atoms with Crippen molar-refractivity contribution in [2.75, 3.05) is 7.11 Å². The minimum atomic E-state index is -1.70. The summed E-state index contributed by atoms with van der Waals surface area (Å²) in [7, 11) is 1.28. The van der Waals surface area contributed by atoms with Gasteiger partial charge in [0.2, 0.25) is 0 Å². The number of carbonyl (C=O) groups is 1. The van der Waals surface area contributed by atoms with Crippen molar-refractivity contribution in [3.63, 3.8) is 0 Å². The van der Waals surface area contributed by atoms with Gasteiger partial charge in [-0.15, -0.1) is 0 Å². The van der Waals surface area contributed by atoms with Gasteiger partial charge in [-0.1, -0.05) is 0 Å². The lowest BCUT2D eigenvalue weighted by Gasteiger charge is -2.16. The second-order valence-electron chi connectivity index (χ2n) is 3.30. The molecule has 1 aromatic rings. The molecule has 6 heteroatoms. The number of phenols is 1. The Morgan fingerprint density at radius 3 is 2.59 bits per heavy atom. The third kappa shape index (κ3) is 2.53. The zero-order valence-electron chi connectivity index (χ0n) is 8.99. The summed E-state index contributed by atoms with van der Waals surface area (Å²) in [6, 6.07) is 3.88. The van der Waals surface area contributed by atoms with Gasteiger partial charge in [-0.3, -0.25) is 4.79 Å². The van der Waals surface area contributed by atoms with E-state index in [1.807, 2.05) is 0 Å². The van der Waals surface area contributed by atoms with Crippen LogP contribution in [0.4, 0.5) is 0 Å². The van der Waals surface area contributed by atoms with E-state index in [9.17, 15) is 20.1 Å². The maximum Gasteiger partial charge on any atom is 0.170 e.